The van der Waals surface area contributed by atoms with Crippen LogP contribution in [-0.2, 0) is 0 Å². The molecule has 4 heteroatoms. The predicted octanol–water partition coefficient (Wildman–Crippen LogP) is 13.4. The average molecular weight is 735 g/mol. The highest BCUT2D eigenvalue weighted by molar-refractivity contribution is 5.98. The fourth-order valence-corrected chi connectivity index (χ4v) is 7.86. The number of benzene rings is 5. The molecule has 57 heavy (non-hydrogen) atoms. The van der Waals surface area contributed by atoms with Crippen LogP contribution < -0.4 is 0 Å². The molecule has 2 heterocycles. The van der Waals surface area contributed by atoms with E-state index in [0.29, 0.717) is 11.7 Å². The lowest BCUT2D eigenvalue weighted by Crippen LogP contribution is -2.15. The van der Waals surface area contributed by atoms with E-state index in [1.54, 1.807) is 0 Å². The second-order valence-electron chi connectivity index (χ2n) is 14.6. The summed E-state index contributed by atoms with van der Waals surface area (Å²) in [6, 6.07) is 47.3. The molecule has 3 unspecified atom stereocenters. The molecule has 2 aliphatic rings. The van der Waals surface area contributed by atoms with E-state index < -0.39 is 0 Å². The zero-order valence-corrected chi connectivity index (χ0v) is 32.1. The summed E-state index contributed by atoms with van der Waals surface area (Å²) in [7, 11) is 0. The largest absolute Gasteiger partial charge is 0.285 e. The number of pyridine rings is 1. The highest BCUT2D eigenvalue weighted by Crippen LogP contribution is 2.41. The van der Waals surface area contributed by atoms with E-state index in [-0.39, 0.29) is 12.0 Å². The maximum atomic E-state index is 5.35. The third-order valence-corrected chi connectivity index (χ3v) is 10.9. The van der Waals surface area contributed by atoms with Gasteiger partial charge in [-0.15, -0.1) is 0 Å². The van der Waals surface area contributed by atoms with Crippen molar-refractivity contribution in [3.8, 4) is 56.3 Å². The van der Waals surface area contributed by atoms with Crippen LogP contribution in [0.15, 0.2) is 199 Å². The van der Waals surface area contributed by atoms with Gasteiger partial charge in [-0.25, -0.2) is 9.97 Å². The smallest absolute Gasteiger partial charge is 0.160 e. The average Bonchev–Trinajstić information content (AvgIpc) is 3.28. The third kappa shape index (κ3) is 7.50. The van der Waals surface area contributed by atoms with Crippen LogP contribution in [0.5, 0.6) is 0 Å². The number of rotatable bonds is 9. The molecular weight excluding hydrogens is 693 g/mol. The van der Waals surface area contributed by atoms with E-state index in [0.717, 1.165) is 50.5 Å². The van der Waals surface area contributed by atoms with E-state index in [1.807, 2.05) is 49.7 Å². The summed E-state index contributed by atoms with van der Waals surface area (Å²) in [5.41, 5.74) is 12.6. The van der Waals surface area contributed by atoms with Gasteiger partial charge < -0.3 is 0 Å². The topological polar surface area (TPSA) is 51.0 Å². The van der Waals surface area contributed by atoms with Crippen molar-refractivity contribution in [3.05, 3.63) is 205 Å². The van der Waals surface area contributed by atoms with Crippen LogP contribution >= 0.6 is 0 Å². The molecule has 0 saturated heterocycles. The quantitative estimate of drug-likeness (QED) is 0.139. The van der Waals surface area contributed by atoms with Crippen molar-refractivity contribution >= 4 is 22.6 Å². The van der Waals surface area contributed by atoms with Crippen LogP contribution in [-0.4, -0.2) is 21.2 Å². The van der Waals surface area contributed by atoms with Crippen molar-refractivity contribution in [1.82, 2.24) is 15.0 Å². The van der Waals surface area contributed by atoms with Crippen LogP contribution in [0.25, 0.3) is 72.6 Å². The first-order valence-corrected chi connectivity index (χ1v) is 19.6. The Morgan fingerprint density at radius 1 is 0.596 bits per heavy atom. The van der Waals surface area contributed by atoms with Crippen molar-refractivity contribution in [3.63, 3.8) is 0 Å². The summed E-state index contributed by atoms with van der Waals surface area (Å²) < 4.78 is 0. The van der Waals surface area contributed by atoms with Gasteiger partial charge >= 0.3 is 0 Å². The fourth-order valence-electron chi connectivity index (χ4n) is 7.86. The Morgan fingerprint density at radius 2 is 1.26 bits per heavy atom. The summed E-state index contributed by atoms with van der Waals surface area (Å²) >= 11 is 0. The minimum Gasteiger partial charge on any atom is -0.285 e. The molecule has 2 aromatic heterocycles. The predicted molar refractivity (Wildman–Crippen MR) is 239 cm³/mol. The van der Waals surface area contributed by atoms with E-state index in [4.69, 9.17) is 9.97 Å². The van der Waals surface area contributed by atoms with Gasteiger partial charge in [0.05, 0.1) is 23.1 Å². The number of nitrogens with zero attached hydrogens (tertiary/aromatic N) is 4. The van der Waals surface area contributed by atoms with Crippen LogP contribution in [0.3, 0.4) is 0 Å². The summed E-state index contributed by atoms with van der Waals surface area (Å²) in [5.74, 6) is 1.24. The number of aliphatic imine (C=N–C) groups is 1. The zero-order chi connectivity index (χ0) is 38.6. The minimum atomic E-state index is 0.0395. The molecular formula is C53H42N4. The monoisotopic (exact) mass is 734 g/mol. The summed E-state index contributed by atoms with van der Waals surface area (Å²) in [6.07, 6.45) is 23.3. The molecule has 5 aromatic carbocycles. The summed E-state index contributed by atoms with van der Waals surface area (Å²) in [4.78, 5) is 19.9. The molecule has 0 spiro atoms. The van der Waals surface area contributed by atoms with E-state index in [1.165, 1.54) is 27.5 Å². The molecule has 9 rings (SSSR count). The first-order valence-electron chi connectivity index (χ1n) is 19.6. The van der Waals surface area contributed by atoms with E-state index in [9.17, 15) is 0 Å². The van der Waals surface area contributed by atoms with Gasteiger partial charge in [-0.2, -0.15) is 0 Å². The maximum Gasteiger partial charge on any atom is 0.160 e. The molecule has 2 aliphatic carbocycles. The van der Waals surface area contributed by atoms with Crippen LogP contribution in [0.1, 0.15) is 31.0 Å². The Bertz CT molecular complexity index is 2750. The Morgan fingerprint density at radius 3 is 2.04 bits per heavy atom. The fraction of sp³-hybridized carbons (Fsp3) is 0.0943. The number of aromatic nitrogens is 3. The lowest BCUT2D eigenvalue weighted by Gasteiger charge is -2.28. The van der Waals surface area contributed by atoms with Crippen molar-refractivity contribution in [1.29, 1.82) is 0 Å². The van der Waals surface area contributed by atoms with Gasteiger partial charge in [0, 0.05) is 46.5 Å². The highest BCUT2D eigenvalue weighted by Gasteiger charge is 2.25. The van der Waals surface area contributed by atoms with Gasteiger partial charge in [-0.05, 0) is 94.9 Å². The molecule has 0 fully saturated rings. The number of hydrogen-bond donors (Lipinski definition) is 0. The molecule has 0 saturated carbocycles. The standard InChI is InChI=1S/C53H42N4/c1-3-4-30-54-36(2)37-22-24-41(25-23-37)51-35-52(42-28-26-40(27-29-42)50-21-9-10-31-55-50)57-53(56-51)45-33-43(48-19-11-15-38-13-5-7-17-46(38)48)32-44(34-45)49-20-12-16-39-14-6-8-18-47(39)49/h3-36,38,46H,1-2H3/b4-3-,54-30-. The highest BCUT2D eigenvalue weighted by atomic mass is 14.9. The normalized spacial score (nSPS) is 16.6. The molecule has 7 aromatic rings. The molecule has 274 valence electrons. The Kier molecular flexibility index (Phi) is 9.99. The van der Waals surface area contributed by atoms with Crippen molar-refractivity contribution in [2.75, 3.05) is 0 Å². The van der Waals surface area contributed by atoms with E-state index >= 15 is 0 Å². The lowest BCUT2D eigenvalue weighted by atomic mass is 9.76. The van der Waals surface area contributed by atoms with Crippen molar-refractivity contribution in [2.24, 2.45) is 16.8 Å². The van der Waals surface area contributed by atoms with Gasteiger partial charge in [0.25, 0.3) is 0 Å². The maximum absolute atomic E-state index is 5.35. The number of fused-ring (bicyclic) bond motifs is 2. The zero-order valence-electron chi connectivity index (χ0n) is 32.1. The Balaban J connectivity index is 1.21. The third-order valence-electron chi connectivity index (χ3n) is 10.9. The van der Waals surface area contributed by atoms with Crippen LogP contribution in [0.4, 0.5) is 0 Å². The van der Waals surface area contributed by atoms with E-state index in [2.05, 4.69) is 175 Å². The van der Waals surface area contributed by atoms with Gasteiger partial charge in [-0.1, -0.05) is 146 Å². The van der Waals surface area contributed by atoms with Crippen molar-refractivity contribution in [2.45, 2.75) is 19.9 Å². The SMILES string of the molecule is C/C=C\C=N/C(C)c1ccc(-c2cc(-c3ccc(-c4ccccn4)cc3)nc(-c3cc(C4=CC=CC5C=CC=CC45)cc(-c4cccc5ccccc45)c3)n2)cc1. The van der Waals surface area contributed by atoms with Gasteiger partial charge in [0.2, 0.25) is 0 Å². The lowest BCUT2D eigenvalue weighted by molar-refractivity contribution is 0.678. The summed E-state index contributed by atoms with van der Waals surface area (Å²) in [5, 5.41) is 2.42. The molecule has 0 amide bonds. The van der Waals surface area contributed by atoms with Crippen LogP contribution in [0.2, 0.25) is 0 Å². The van der Waals surface area contributed by atoms with Gasteiger partial charge in [0.15, 0.2) is 5.82 Å². The van der Waals surface area contributed by atoms with Gasteiger partial charge in [-0.3, -0.25) is 9.98 Å². The molecule has 0 bridgehead atoms. The number of hydrogen-bond acceptors (Lipinski definition) is 4. The molecule has 0 radical (unpaired) electrons. The molecule has 0 aliphatic heterocycles. The Hall–Kier alpha value is -7.04. The Labute approximate surface area is 334 Å². The first kappa shape index (κ1) is 35.6. The summed E-state index contributed by atoms with van der Waals surface area (Å²) in [6.45, 7) is 4.11. The molecule has 4 nitrogen and oxygen atoms in total. The van der Waals surface area contributed by atoms with Crippen LogP contribution in [0, 0.1) is 11.8 Å². The molecule has 0 N–H and O–H groups in total. The van der Waals surface area contributed by atoms with Gasteiger partial charge in [0.1, 0.15) is 0 Å². The number of allylic oxidation sites excluding steroid dienone is 10. The minimum absolute atomic E-state index is 0.0395. The second-order valence-corrected chi connectivity index (χ2v) is 14.6. The second kappa shape index (κ2) is 16.0. The molecule has 3 atom stereocenters. The van der Waals surface area contributed by atoms with Crippen molar-refractivity contribution < 1.29 is 0 Å². The first-order chi connectivity index (χ1) is 28.1.